The summed E-state index contributed by atoms with van der Waals surface area (Å²) in [6.07, 6.45) is 3.63. The van der Waals surface area contributed by atoms with Crippen molar-refractivity contribution in [2.45, 2.75) is 43.7 Å². The fourth-order valence-electron chi connectivity index (χ4n) is 3.06. The smallest absolute Gasteiger partial charge is 0.272 e. The molecule has 1 amide bonds. The van der Waals surface area contributed by atoms with Crippen molar-refractivity contribution >= 4 is 17.2 Å². The van der Waals surface area contributed by atoms with Crippen molar-refractivity contribution in [3.05, 3.63) is 39.8 Å². The predicted octanol–water partition coefficient (Wildman–Crippen LogP) is 2.59. The van der Waals surface area contributed by atoms with E-state index in [1.54, 1.807) is 11.3 Å². The molecule has 1 atom stereocenters. The number of hydrogen-bond donors (Lipinski definition) is 3. The Morgan fingerprint density at radius 2 is 2.27 bits per heavy atom. The summed E-state index contributed by atoms with van der Waals surface area (Å²) >= 11 is 1.64. The Hall–Kier alpha value is -1.66. The third-order valence-corrected chi connectivity index (χ3v) is 5.56. The van der Waals surface area contributed by atoms with E-state index in [1.807, 2.05) is 23.6 Å². The topological polar surface area (TPSA) is 78.0 Å². The number of aliphatic hydroxyl groups is 1. The Morgan fingerprint density at radius 3 is 2.91 bits per heavy atom. The lowest BCUT2D eigenvalue weighted by atomic mass is 9.76. The van der Waals surface area contributed by atoms with Crippen molar-refractivity contribution in [1.29, 1.82) is 0 Å². The Morgan fingerprint density at radius 1 is 1.45 bits per heavy atom. The monoisotopic (exact) mass is 317 g/mol. The molecule has 4 rings (SSSR count). The highest BCUT2D eigenvalue weighted by molar-refractivity contribution is 7.10. The van der Waals surface area contributed by atoms with Gasteiger partial charge in [0, 0.05) is 16.5 Å². The van der Waals surface area contributed by atoms with Crippen molar-refractivity contribution in [3.8, 4) is 0 Å². The van der Waals surface area contributed by atoms with Gasteiger partial charge in [-0.05, 0) is 49.1 Å². The summed E-state index contributed by atoms with van der Waals surface area (Å²) < 4.78 is 0. The number of thiophene rings is 1. The van der Waals surface area contributed by atoms with Gasteiger partial charge in [0.25, 0.3) is 5.91 Å². The summed E-state index contributed by atoms with van der Waals surface area (Å²) in [5.74, 6) is 0.728. The first-order valence-corrected chi connectivity index (χ1v) is 8.66. The molecule has 0 aliphatic heterocycles. The van der Waals surface area contributed by atoms with Crippen LogP contribution in [0.2, 0.25) is 0 Å². The normalized spacial score (nSPS) is 25.5. The molecule has 0 aromatic carbocycles. The van der Waals surface area contributed by atoms with Crippen molar-refractivity contribution in [2.24, 2.45) is 5.92 Å². The predicted molar refractivity (Wildman–Crippen MR) is 83.8 cm³/mol. The zero-order valence-electron chi connectivity index (χ0n) is 12.2. The van der Waals surface area contributed by atoms with Crippen LogP contribution in [0.1, 0.15) is 58.7 Å². The maximum absolute atomic E-state index is 12.5. The summed E-state index contributed by atoms with van der Waals surface area (Å²) in [6, 6.07) is 5.87. The van der Waals surface area contributed by atoms with Gasteiger partial charge < -0.3 is 10.4 Å². The first-order valence-electron chi connectivity index (χ1n) is 7.78. The molecule has 6 heteroatoms. The summed E-state index contributed by atoms with van der Waals surface area (Å²) in [7, 11) is 0. The largest absolute Gasteiger partial charge is 0.393 e. The van der Waals surface area contributed by atoms with Crippen LogP contribution in [0.4, 0.5) is 0 Å². The molecule has 116 valence electrons. The highest BCUT2D eigenvalue weighted by Crippen LogP contribution is 2.40. The minimum Gasteiger partial charge on any atom is -0.393 e. The lowest BCUT2D eigenvalue weighted by Gasteiger charge is -2.37. The number of aromatic amines is 1. The number of aromatic nitrogens is 2. The second kappa shape index (κ2) is 5.52. The summed E-state index contributed by atoms with van der Waals surface area (Å²) in [5.41, 5.74) is 1.53. The van der Waals surface area contributed by atoms with E-state index in [0.717, 1.165) is 23.4 Å². The van der Waals surface area contributed by atoms with Gasteiger partial charge in [-0.25, -0.2) is 0 Å². The van der Waals surface area contributed by atoms with E-state index in [2.05, 4.69) is 15.5 Å². The van der Waals surface area contributed by atoms with Crippen molar-refractivity contribution < 1.29 is 9.90 Å². The van der Waals surface area contributed by atoms with Gasteiger partial charge in [0.2, 0.25) is 0 Å². The van der Waals surface area contributed by atoms with Crippen LogP contribution in [-0.2, 0) is 0 Å². The molecule has 2 saturated carbocycles. The molecule has 0 spiro atoms. The molecule has 2 heterocycles. The Kier molecular flexibility index (Phi) is 3.50. The van der Waals surface area contributed by atoms with Gasteiger partial charge in [-0.2, -0.15) is 5.10 Å². The second-order valence-electron chi connectivity index (χ2n) is 6.33. The van der Waals surface area contributed by atoms with Crippen LogP contribution in [-0.4, -0.2) is 27.3 Å². The van der Waals surface area contributed by atoms with E-state index < -0.39 is 0 Å². The molecule has 3 N–H and O–H groups in total. The number of carbonyl (C=O) groups excluding carboxylic acids is 1. The van der Waals surface area contributed by atoms with Gasteiger partial charge in [-0.3, -0.25) is 9.89 Å². The van der Waals surface area contributed by atoms with E-state index in [-0.39, 0.29) is 18.1 Å². The van der Waals surface area contributed by atoms with Crippen LogP contribution in [0.3, 0.4) is 0 Å². The fourth-order valence-corrected chi connectivity index (χ4v) is 3.93. The number of nitrogens with one attached hydrogen (secondary N) is 2. The first-order chi connectivity index (χ1) is 10.7. The van der Waals surface area contributed by atoms with Gasteiger partial charge in [0.1, 0.15) is 5.69 Å². The zero-order valence-corrected chi connectivity index (χ0v) is 13.0. The van der Waals surface area contributed by atoms with Crippen LogP contribution in [0.25, 0.3) is 0 Å². The van der Waals surface area contributed by atoms with Crippen molar-refractivity contribution in [1.82, 2.24) is 15.5 Å². The summed E-state index contributed by atoms with van der Waals surface area (Å²) in [5, 5.41) is 21.8. The first kappa shape index (κ1) is 14.0. The van der Waals surface area contributed by atoms with Crippen molar-refractivity contribution in [3.63, 3.8) is 0 Å². The molecule has 2 fully saturated rings. The summed E-state index contributed by atoms with van der Waals surface area (Å²) in [4.78, 5) is 13.6. The lowest BCUT2D eigenvalue weighted by molar-refractivity contribution is 0.0240. The number of amides is 1. The molecule has 0 bridgehead atoms. The number of nitrogens with zero attached hydrogens (tertiary/aromatic N) is 1. The molecule has 2 aromatic rings. The van der Waals surface area contributed by atoms with Gasteiger partial charge >= 0.3 is 0 Å². The minimum absolute atomic E-state index is 0.0306. The number of carbonyl (C=O) groups is 1. The molecule has 2 aromatic heterocycles. The average molecular weight is 317 g/mol. The minimum atomic E-state index is -0.226. The lowest BCUT2D eigenvalue weighted by Crippen LogP contribution is -2.41. The fraction of sp³-hybridized carbons (Fsp3) is 0.500. The van der Waals surface area contributed by atoms with Gasteiger partial charge in [0.15, 0.2) is 0 Å². The van der Waals surface area contributed by atoms with Gasteiger partial charge in [-0.15, -0.1) is 11.3 Å². The van der Waals surface area contributed by atoms with Crippen LogP contribution in [0.5, 0.6) is 0 Å². The highest BCUT2D eigenvalue weighted by Gasteiger charge is 2.36. The van der Waals surface area contributed by atoms with E-state index >= 15 is 0 Å². The van der Waals surface area contributed by atoms with E-state index in [9.17, 15) is 9.90 Å². The molecule has 2 aliphatic carbocycles. The Bertz CT molecular complexity index is 657. The average Bonchev–Trinajstić information content (AvgIpc) is 3.01. The van der Waals surface area contributed by atoms with E-state index in [1.165, 1.54) is 12.8 Å². The van der Waals surface area contributed by atoms with E-state index in [0.29, 0.717) is 17.5 Å². The van der Waals surface area contributed by atoms with Crippen LogP contribution in [0.15, 0.2) is 23.6 Å². The van der Waals surface area contributed by atoms with Gasteiger partial charge in [0.05, 0.1) is 12.1 Å². The number of H-pyrrole nitrogens is 1. The molecular weight excluding hydrogens is 298 g/mol. The molecule has 0 radical (unpaired) electrons. The number of hydrogen-bond acceptors (Lipinski definition) is 4. The third kappa shape index (κ3) is 2.68. The number of rotatable bonds is 5. The maximum Gasteiger partial charge on any atom is 0.272 e. The zero-order chi connectivity index (χ0) is 15.1. The maximum atomic E-state index is 12.5. The van der Waals surface area contributed by atoms with Crippen LogP contribution < -0.4 is 5.32 Å². The molecule has 22 heavy (non-hydrogen) atoms. The quantitative estimate of drug-likeness (QED) is 0.793. The second-order valence-corrected chi connectivity index (χ2v) is 7.31. The van der Waals surface area contributed by atoms with Crippen LogP contribution >= 0.6 is 11.3 Å². The molecular formula is C16H19N3O2S. The van der Waals surface area contributed by atoms with E-state index in [4.69, 9.17) is 0 Å². The highest BCUT2D eigenvalue weighted by atomic mass is 32.1. The SMILES string of the molecule is O=C(N[C@H](c1cccs1)C1CC(O)C1)c1cc(C2CC2)[nH]n1. The Labute approximate surface area is 132 Å². The van der Waals surface area contributed by atoms with Crippen LogP contribution in [0, 0.1) is 5.92 Å². The Balaban J connectivity index is 1.49. The molecule has 5 nitrogen and oxygen atoms in total. The van der Waals surface area contributed by atoms with Gasteiger partial charge in [-0.1, -0.05) is 6.07 Å². The molecule has 0 unspecified atom stereocenters. The molecule has 2 aliphatic rings. The summed E-state index contributed by atoms with van der Waals surface area (Å²) in [6.45, 7) is 0. The standard InChI is InChI=1S/C16H19N3O2S/c20-11-6-10(7-11)15(14-2-1-5-22-14)17-16(21)13-8-12(18-19-13)9-3-4-9/h1-2,5,8-11,15,20H,3-4,6-7H2,(H,17,21)(H,18,19)/t10?,11?,15-/m0/s1. The molecule has 0 saturated heterocycles. The van der Waals surface area contributed by atoms with Crippen molar-refractivity contribution in [2.75, 3.05) is 0 Å². The third-order valence-electron chi connectivity index (χ3n) is 4.60. The number of aliphatic hydroxyl groups excluding tert-OH is 1.